The van der Waals surface area contributed by atoms with Crippen molar-refractivity contribution in [3.05, 3.63) is 82.1 Å². The molecule has 10 heteroatoms. The summed E-state index contributed by atoms with van der Waals surface area (Å²) in [6.45, 7) is 7.41. The molecular weight excluding hydrogens is 454 g/mol. The summed E-state index contributed by atoms with van der Waals surface area (Å²) in [4.78, 5) is 38.1. The number of esters is 2. The van der Waals surface area contributed by atoms with E-state index in [-0.39, 0.29) is 24.5 Å². The molecule has 0 spiro atoms. The van der Waals surface area contributed by atoms with Gasteiger partial charge in [-0.15, -0.1) is 0 Å². The zero-order valence-electron chi connectivity index (χ0n) is 20.0. The number of hydrogen-bond donors (Lipinski definition) is 2. The number of nitrogens with zero attached hydrogens (tertiary/aromatic N) is 1. The molecule has 1 atom stereocenters. The number of carbonyl (C=O) groups excluding carboxylic acids is 3. The van der Waals surface area contributed by atoms with Gasteiger partial charge in [-0.05, 0) is 58.0 Å². The SMILES string of the molecule is CCOC(=O)C1=C(COC(=O)c2cc(C)n(Cc3ccco3)c2C)NC(=O)NC1c1ccc(C)o1. The van der Waals surface area contributed by atoms with Crippen LogP contribution in [0.15, 0.2) is 56.7 Å². The predicted octanol–water partition coefficient (Wildman–Crippen LogP) is 3.68. The summed E-state index contributed by atoms with van der Waals surface area (Å²) in [5, 5.41) is 5.24. The second-order valence-corrected chi connectivity index (χ2v) is 8.12. The molecule has 3 aromatic heterocycles. The van der Waals surface area contributed by atoms with Crippen LogP contribution in [0.5, 0.6) is 0 Å². The van der Waals surface area contributed by atoms with Crippen LogP contribution in [0, 0.1) is 20.8 Å². The second-order valence-electron chi connectivity index (χ2n) is 8.12. The molecule has 4 rings (SSSR count). The maximum Gasteiger partial charge on any atom is 0.340 e. The summed E-state index contributed by atoms with van der Waals surface area (Å²) in [6, 6.07) is 7.35. The first-order chi connectivity index (χ1) is 16.8. The Bertz CT molecular complexity index is 1280. The van der Waals surface area contributed by atoms with Gasteiger partial charge in [-0.1, -0.05) is 0 Å². The van der Waals surface area contributed by atoms with Crippen LogP contribution in [0.1, 0.15) is 52.0 Å². The van der Waals surface area contributed by atoms with Crippen LogP contribution in [0.3, 0.4) is 0 Å². The second kappa shape index (κ2) is 9.96. The lowest BCUT2D eigenvalue weighted by molar-refractivity contribution is -0.139. The van der Waals surface area contributed by atoms with Crippen LogP contribution >= 0.6 is 0 Å². The van der Waals surface area contributed by atoms with Gasteiger partial charge in [-0.2, -0.15) is 0 Å². The fourth-order valence-corrected chi connectivity index (χ4v) is 4.03. The van der Waals surface area contributed by atoms with E-state index in [0.29, 0.717) is 29.3 Å². The van der Waals surface area contributed by atoms with Crippen LogP contribution in [0.4, 0.5) is 4.79 Å². The molecular formula is C25H27N3O7. The van der Waals surface area contributed by atoms with E-state index in [0.717, 1.165) is 11.5 Å². The Morgan fingerprint density at radius 2 is 1.91 bits per heavy atom. The van der Waals surface area contributed by atoms with Crippen molar-refractivity contribution in [1.29, 1.82) is 0 Å². The molecule has 0 bridgehead atoms. The number of urea groups is 1. The molecule has 184 valence electrons. The van der Waals surface area contributed by atoms with E-state index in [1.54, 1.807) is 44.4 Å². The lowest BCUT2D eigenvalue weighted by Gasteiger charge is -2.27. The third-order valence-electron chi connectivity index (χ3n) is 5.73. The van der Waals surface area contributed by atoms with Crippen molar-refractivity contribution in [1.82, 2.24) is 15.2 Å². The minimum atomic E-state index is -0.886. The first-order valence-corrected chi connectivity index (χ1v) is 11.2. The van der Waals surface area contributed by atoms with Gasteiger partial charge in [0.2, 0.25) is 0 Å². The highest BCUT2D eigenvalue weighted by Crippen LogP contribution is 2.29. The number of nitrogens with one attached hydrogen (secondary N) is 2. The van der Waals surface area contributed by atoms with Crippen LogP contribution in [-0.4, -0.2) is 35.8 Å². The van der Waals surface area contributed by atoms with Crippen molar-refractivity contribution >= 4 is 18.0 Å². The van der Waals surface area contributed by atoms with E-state index in [2.05, 4.69) is 10.6 Å². The number of hydrogen-bond acceptors (Lipinski definition) is 7. The molecule has 35 heavy (non-hydrogen) atoms. The Morgan fingerprint density at radius 3 is 2.57 bits per heavy atom. The van der Waals surface area contributed by atoms with Gasteiger partial charge in [-0.3, -0.25) is 0 Å². The topological polar surface area (TPSA) is 125 Å². The van der Waals surface area contributed by atoms with E-state index >= 15 is 0 Å². The Kier molecular flexibility index (Phi) is 6.81. The lowest BCUT2D eigenvalue weighted by Crippen LogP contribution is -2.47. The maximum atomic E-state index is 13.0. The number of amides is 2. The summed E-state index contributed by atoms with van der Waals surface area (Å²) in [7, 11) is 0. The summed E-state index contributed by atoms with van der Waals surface area (Å²) in [5.74, 6) is 0.506. The number of rotatable bonds is 8. The average Bonchev–Trinajstić information content (AvgIpc) is 3.55. The molecule has 1 unspecified atom stereocenters. The zero-order chi connectivity index (χ0) is 25.1. The lowest BCUT2D eigenvalue weighted by atomic mass is 10.0. The zero-order valence-corrected chi connectivity index (χ0v) is 20.0. The Balaban J connectivity index is 1.59. The largest absolute Gasteiger partial charge is 0.467 e. The third-order valence-corrected chi connectivity index (χ3v) is 5.73. The number of aryl methyl sites for hydroxylation is 2. The highest BCUT2D eigenvalue weighted by Gasteiger charge is 2.36. The van der Waals surface area contributed by atoms with Gasteiger partial charge in [0.15, 0.2) is 0 Å². The molecule has 0 aliphatic carbocycles. The highest BCUT2D eigenvalue weighted by molar-refractivity contribution is 5.95. The number of carbonyl (C=O) groups is 3. The van der Waals surface area contributed by atoms with Crippen LogP contribution in [0.2, 0.25) is 0 Å². The van der Waals surface area contributed by atoms with Crippen LogP contribution in [-0.2, 0) is 20.8 Å². The van der Waals surface area contributed by atoms with Gasteiger partial charge < -0.3 is 33.5 Å². The van der Waals surface area contributed by atoms with Crippen LogP contribution < -0.4 is 10.6 Å². The molecule has 0 radical (unpaired) electrons. The van der Waals surface area contributed by atoms with Crippen molar-refractivity contribution in [2.45, 2.75) is 40.3 Å². The Labute approximate surface area is 201 Å². The van der Waals surface area contributed by atoms with E-state index in [4.69, 9.17) is 18.3 Å². The molecule has 10 nitrogen and oxygen atoms in total. The Hall–Kier alpha value is -4.21. The van der Waals surface area contributed by atoms with E-state index in [9.17, 15) is 14.4 Å². The van der Waals surface area contributed by atoms with Crippen molar-refractivity contribution in [3.8, 4) is 0 Å². The van der Waals surface area contributed by atoms with Gasteiger partial charge in [0.25, 0.3) is 0 Å². The van der Waals surface area contributed by atoms with Crippen molar-refractivity contribution in [3.63, 3.8) is 0 Å². The fraction of sp³-hybridized carbons (Fsp3) is 0.320. The van der Waals surface area contributed by atoms with E-state index in [1.165, 1.54) is 0 Å². The number of aromatic nitrogens is 1. The molecule has 1 aliphatic heterocycles. The minimum absolute atomic E-state index is 0.108. The number of ether oxygens (including phenoxy) is 2. The first-order valence-electron chi connectivity index (χ1n) is 11.2. The summed E-state index contributed by atoms with van der Waals surface area (Å²) in [6.07, 6.45) is 1.60. The van der Waals surface area contributed by atoms with Gasteiger partial charge in [0, 0.05) is 11.4 Å². The smallest absolute Gasteiger partial charge is 0.340 e. The summed E-state index contributed by atoms with van der Waals surface area (Å²) < 4.78 is 23.7. The van der Waals surface area contributed by atoms with E-state index < -0.39 is 24.0 Å². The van der Waals surface area contributed by atoms with Gasteiger partial charge in [0.1, 0.15) is 29.9 Å². The van der Waals surface area contributed by atoms with Crippen molar-refractivity contribution < 1.29 is 32.7 Å². The van der Waals surface area contributed by atoms with Gasteiger partial charge in [0.05, 0.1) is 36.2 Å². The average molecular weight is 482 g/mol. The molecule has 0 saturated heterocycles. The van der Waals surface area contributed by atoms with Crippen LogP contribution in [0.25, 0.3) is 0 Å². The minimum Gasteiger partial charge on any atom is -0.467 e. The molecule has 0 fully saturated rings. The molecule has 2 N–H and O–H groups in total. The summed E-state index contributed by atoms with van der Waals surface area (Å²) in [5.41, 5.74) is 2.19. The molecule has 1 aliphatic rings. The molecule has 0 saturated carbocycles. The molecule has 4 heterocycles. The molecule has 2 amide bonds. The molecule has 0 aromatic carbocycles. The monoisotopic (exact) mass is 481 g/mol. The normalized spacial score (nSPS) is 15.5. The maximum absolute atomic E-state index is 13.0. The fourth-order valence-electron chi connectivity index (χ4n) is 4.03. The van der Waals surface area contributed by atoms with E-state index in [1.807, 2.05) is 24.5 Å². The quantitative estimate of drug-likeness (QED) is 0.470. The summed E-state index contributed by atoms with van der Waals surface area (Å²) >= 11 is 0. The highest BCUT2D eigenvalue weighted by atomic mass is 16.5. The third kappa shape index (κ3) is 5.01. The number of furan rings is 2. The standard InChI is InChI=1S/C25H27N3O7/c1-5-32-24(30)21-19(26-25(31)27-22(21)20-9-8-15(3)35-20)13-34-23(29)18-11-14(2)28(16(18)4)12-17-7-6-10-33-17/h6-11,22H,5,12-13H2,1-4H3,(H2,26,27,31). The van der Waals surface area contributed by atoms with Crippen molar-refractivity contribution in [2.24, 2.45) is 0 Å². The van der Waals surface area contributed by atoms with Gasteiger partial charge in [-0.25, -0.2) is 14.4 Å². The Morgan fingerprint density at radius 1 is 1.11 bits per heavy atom. The predicted molar refractivity (Wildman–Crippen MR) is 124 cm³/mol. The van der Waals surface area contributed by atoms with Crippen molar-refractivity contribution in [2.75, 3.05) is 13.2 Å². The first kappa shape index (κ1) is 23.9. The molecule has 3 aromatic rings. The van der Waals surface area contributed by atoms with Gasteiger partial charge >= 0.3 is 18.0 Å².